The van der Waals surface area contributed by atoms with Crippen molar-refractivity contribution in [1.29, 1.82) is 0 Å². The molecule has 0 saturated heterocycles. The van der Waals surface area contributed by atoms with E-state index in [2.05, 4.69) is 15.9 Å². The lowest BCUT2D eigenvalue weighted by molar-refractivity contribution is 0.0696. The summed E-state index contributed by atoms with van der Waals surface area (Å²) in [6, 6.07) is 5.04. The van der Waals surface area contributed by atoms with Crippen molar-refractivity contribution in [2.24, 2.45) is 0 Å². The van der Waals surface area contributed by atoms with Crippen LogP contribution >= 0.6 is 15.9 Å². The van der Waals surface area contributed by atoms with Gasteiger partial charge in [-0.1, -0.05) is 22.0 Å². The number of carbonyl (C=O) groups is 1. The van der Waals surface area contributed by atoms with Gasteiger partial charge in [0, 0.05) is 4.47 Å². The van der Waals surface area contributed by atoms with Gasteiger partial charge < -0.3 is 9.84 Å². The third-order valence-corrected chi connectivity index (χ3v) is 2.12. The largest absolute Gasteiger partial charge is 0.504 e. The summed E-state index contributed by atoms with van der Waals surface area (Å²) in [4.78, 5) is 10.8. The van der Waals surface area contributed by atoms with Gasteiger partial charge in [0.15, 0.2) is 0 Å². The zero-order chi connectivity index (χ0) is 10.6. The first-order valence-electron chi connectivity index (χ1n) is 3.87. The molecule has 1 aromatic carbocycles. The summed E-state index contributed by atoms with van der Waals surface area (Å²) in [7, 11) is 1.51. The van der Waals surface area contributed by atoms with Gasteiger partial charge in [-0.25, -0.2) is 4.79 Å². The SMILES string of the molecule is COC=Cc1ccc(Br)cc1C(=O)O. The molecular weight excluding hydrogens is 248 g/mol. The molecule has 0 heterocycles. The van der Waals surface area contributed by atoms with E-state index in [9.17, 15) is 4.79 Å². The van der Waals surface area contributed by atoms with Gasteiger partial charge in [-0.05, 0) is 23.8 Å². The predicted octanol–water partition coefficient (Wildman–Crippen LogP) is 2.76. The molecule has 0 aromatic heterocycles. The number of hydrogen-bond donors (Lipinski definition) is 1. The number of carboxylic acid groups (broad SMARTS) is 1. The van der Waals surface area contributed by atoms with Gasteiger partial charge in [0.05, 0.1) is 18.9 Å². The molecule has 0 aliphatic rings. The second-order valence-electron chi connectivity index (χ2n) is 2.58. The number of benzene rings is 1. The van der Waals surface area contributed by atoms with Crippen LogP contribution in [0.5, 0.6) is 0 Å². The summed E-state index contributed by atoms with van der Waals surface area (Å²) in [5.41, 5.74) is 0.857. The molecule has 1 rings (SSSR count). The molecule has 4 heteroatoms. The van der Waals surface area contributed by atoms with Crippen molar-refractivity contribution in [3.8, 4) is 0 Å². The minimum absolute atomic E-state index is 0.243. The van der Waals surface area contributed by atoms with Crippen LogP contribution in [0.3, 0.4) is 0 Å². The Bertz CT molecular complexity index is 372. The quantitative estimate of drug-likeness (QED) is 0.847. The van der Waals surface area contributed by atoms with Crippen LogP contribution in [0.15, 0.2) is 28.9 Å². The fraction of sp³-hybridized carbons (Fsp3) is 0.100. The average Bonchev–Trinajstić information content (AvgIpc) is 2.15. The van der Waals surface area contributed by atoms with Crippen molar-refractivity contribution >= 4 is 28.0 Å². The molecule has 0 radical (unpaired) electrons. The summed E-state index contributed by atoms with van der Waals surface area (Å²) in [6.07, 6.45) is 3.05. The van der Waals surface area contributed by atoms with Crippen molar-refractivity contribution in [3.05, 3.63) is 40.1 Å². The molecule has 74 valence electrons. The maximum atomic E-state index is 10.8. The molecule has 0 saturated carbocycles. The highest BCUT2D eigenvalue weighted by Gasteiger charge is 2.07. The first-order chi connectivity index (χ1) is 6.65. The second kappa shape index (κ2) is 4.81. The summed E-state index contributed by atoms with van der Waals surface area (Å²) in [6.45, 7) is 0. The molecule has 0 atom stereocenters. The van der Waals surface area contributed by atoms with Crippen molar-refractivity contribution in [3.63, 3.8) is 0 Å². The van der Waals surface area contributed by atoms with Gasteiger partial charge in [0.25, 0.3) is 0 Å². The zero-order valence-corrected chi connectivity index (χ0v) is 9.11. The summed E-state index contributed by atoms with van der Waals surface area (Å²) in [5, 5.41) is 8.89. The highest BCUT2D eigenvalue weighted by atomic mass is 79.9. The molecule has 0 unspecified atom stereocenters. The van der Waals surface area contributed by atoms with Gasteiger partial charge >= 0.3 is 5.97 Å². The Labute approximate surface area is 90.1 Å². The molecule has 0 aliphatic heterocycles. The Kier molecular flexibility index (Phi) is 3.71. The predicted molar refractivity (Wildman–Crippen MR) is 57.1 cm³/mol. The lowest BCUT2D eigenvalue weighted by Crippen LogP contribution is -1.99. The smallest absolute Gasteiger partial charge is 0.336 e. The van der Waals surface area contributed by atoms with E-state index in [1.165, 1.54) is 13.4 Å². The molecule has 0 bridgehead atoms. The first-order valence-corrected chi connectivity index (χ1v) is 4.66. The minimum Gasteiger partial charge on any atom is -0.504 e. The van der Waals surface area contributed by atoms with E-state index >= 15 is 0 Å². The Morgan fingerprint density at radius 2 is 2.29 bits per heavy atom. The van der Waals surface area contributed by atoms with Crippen LogP contribution in [-0.2, 0) is 4.74 Å². The summed E-state index contributed by atoms with van der Waals surface area (Å²) in [5.74, 6) is -0.956. The van der Waals surface area contributed by atoms with E-state index in [1.807, 2.05) is 0 Å². The van der Waals surface area contributed by atoms with Crippen LogP contribution in [0.4, 0.5) is 0 Å². The third kappa shape index (κ3) is 2.60. The maximum Gasteiger partial charge on any atom is 0.336 e. The van der Waals surface area contributed by atoms with Crippen molar-refractivity contribution in [2.75, 3.05) is 7.11 Å². The molecular formula is C10H9BrO3. The third-order valence-electron chi connectivity index (χ3n) is 1.63. The van der Waals surface area contributed by atoms with Crippen LogP contribution < -0.4 is 0 Å². The van der Waals surface area contributed by atoms with Crippen molar-refractivity contribution in [1.82, 2.24) is 0 Å². The van der Waals surface area contributed by atoms with Gasteiger partial charge in [0.1, 0.15) is 0 Å². The van der Waals surface area contributed by atoms with Gasteiger partial charge in [-0.2, -0.15) is 0 Å². The number of carboxylic acids is 1. The average molecular weight is 257 g/mol. The van der Waals surface area contributed by atoms with Crippen LogP contribution in [0.25, 0.3) is 6.08 Å². The van der Waals surface area contributed by atoms with E-state index < -0.39 is 5.97 Å². The molecule has 0 spiro atoms. The molecule has 0 amide bonds. The lowest BCUT2D eigenvalue weighted by Gasteiger charge is -2.01. The van der Waals surface area contributed by atoms with Crippen LogP contribution in [0.2, 0.25) is 0 Å². The van der Waals surface area contributed by atoms with E-state index in [4.69, 9.17) is 9.84 Å². The molecule has 0 fully saturated rings. The van der Waals surface area contributed by atoms with E-state index in [-0.39, 0.29) is 5.56 Å². The Morgan fingerprint density at radius 1 is 1.57 bits per heavy atom. The zero-order valence-electron chi connectivity index (χ0n) is 7.53. The fourth-order valence-corrected chi connectivity index (χ4v) is 1.36. The molecule has 0 aliphatic carbocycles. The topological polar surface area (TPSA) is 46.5 Å². The van der Waals surface area contributed by atoms with Gasteiger partial charge in [-0.15, -0.1) is 0 Å². The summed E-state index contributed by atoms with van der Waals surface area (Å²) >= 11 is 3.21. The molecule has 3 nitrogen and oxygen atoms in total. The molecule has 14 heavy (non-hydrogen) atoms. The van der Waals surface area contributed by atoms with E-state index in [1.54, 1.807) is 24.3 Å². The van der Waals surface area contributed by atoms with Gasteiger partial charge in [0.2, 0.25) is 0 Å². The highest BCUT2D eigenvalue weighted by molar-refractivity contribution is 9.10. The van der Waals surface area contributed by atoms with Crippen molar-refractivity contribution < 1.29 is 14.6 Å². The Balaban J connectivity index is 3.15. The first kappa shape index (κ1) is 10.8. The standard InChI is InChI=1S/C10H9BrO3/c1-14-5-4-7-2-3-8(11)6-9(7)10(12)13/h2-6H,1H3,(H,12,13). The summed E-state index contributed by atoms with van der Waals surface area (Å²) < 4.78 is 5.47. The van der Waals surface area contributed by atoms with Crippen LogP contribution in [0.1, 0.15) is 15.9 Å². The number of halogens is 1. The maximum absolute atomic E-state index is 10.8. The molecule has 1 N–H and O–H groups in total. The van der Waals surface area contributed by atoms with Crippen molar-refractivity contribution in [2.45, 2.75) is 0 Å². The number of rotatable bonds is 3. The number of methoxy groups -OCH3 is 1. The minimum atomic E-state index is -0.956. The molecule has 1 aromatic rings. The number of hydrogen-bond acceptors (Lipinski definition) is 2. The van der Waals surface area contributed by atoms with Crippen LogP contribution in [0, 0.1) is 0 Å². The van der Waals surface area contributed by atoms with E-state index in [0.29, 0.717) is 5.56 Å². The van der Waals surface area contributed by atoms with E-state index in [0.717, 1.165) is 4.47 Å². The Hall–Kier alpha value is -1.29. The monoisotopic (exact) mass is 256 g/mol. The van der Waals surface area contributed by atoms with Gasteiger partial charge in [-0.3, -0.25) is 0 Å². The number of ether oxygens (including phenoxy) is 1. The fourth-order valence-electron chi connectivity index (χ4n) is 1.00. The van der Waals surface area contributed by atoms with Crippen LogP contribution in [-0.4, -0.2) is 18.2 Å². The lowest BCUT2D eigenvalue weighted by atomic mass is 10.1. The normalized spacial score (nSPS) is 10.4. The second-order valence-corrected chi connectivity index (χ2v) is 3.49. The number of aromatic carboxylic acids is 1. The highest BCUT2D eigenvalue weighted by Crippen LogP contribution is 2.17. The Morgan fingerprint density at radius 3 is 2.86 bits per heavy atom.